The molecular formula is C39H39N4O15+. The summed E-state index contributed by atoms with van der Waals surface area (Å²) in [6.07, 6.45) is -6.72. The summed E-state index contributed by atoms with van der Waals surface area (Å²) in [5, 5.41) is 103. The van der Waals surface area contributed by atoms with Crippen LogP contribution in [0.15, 0.2) is 87.8 Å². The summed E-state index contributed by atoms with van der Waals surface area (Å²) >= 11 is 0. The first kappa shape index (κ1) is 39.9. The SMILES string of the molecule is [NH2+]=C1C=CC(C(O)C(CO)Oc2ccc(C3C=C(O)c4c(cc(OC5OC(C(=O)O)C(O)(CC6=NC=NC6)C(O)C5O)c(OCc5cccc(O)c5)c4O)O3)cc2)=N1. The van der Waals surface area contributed by atoms with E-state index in [1.807, 2.05) is 0 Å². The van der Waals surface area contributed by atoms with Crippen LogP contribution in [0.3, 0.4) is 0 Å². The fraction of sp³-hybridized carbons (Fsp3) is 0.308. The van der Waals surface area contributed by atoms with Crippen LogP contribution >= 0.6 is 0 Å². The van der Waals surface area contributed by atoms with E-state index in [0.29, 0.717) is 11.1 Å². The largest absolute Gasteiger partial charge is 0.508 e. The van der Waals surface area contributed by atoms with E-state index in [0.717, 1.165) is 0 Å². The summed E-state index contributed by atoms with van der Waals surface area (Å²) in [7, 11) is 0. The zero-order valence-corrected chi connectivity index (χ0v) is 30.3. The molecule has 8 atom stereocenters. The Morgan fingerprint density at radius 3 is 2.50 bits per heavy atom. The maximum atomic E-state index is 12.4. The third-order valence-corrected chi connectivity index (χ3v) is 9.70. The zero-order chi connectivity index (χ0) is 41.3. The average molecular weight is 804 g/mol. The number of nitrogens with zero attached hydrogens (tertiary/aromatic N) is 3. The number of aliphatic carboxylic acids is 1. The van der Waals surface area contributed by atoms with E-state index in [-0.39, 0.29) is 53.2 Å². The van der Waals surface area contributed by atoms with Crippen molar-refractivity contribution in [2.75, 3.05) is 13.2 Å². The molecule has 8 unspecified atom stereocenters. The van der Waals surface area contributed by atoms with Crippen molar-refractivity contribution in [1.29, 1.82) is 0 Å². The van der Waals surface area contributed by atoms with Crippen LogP contribution in [0, 0.1) is 0 Å². The molecule has 58 heavy (non-hydrogen) atoms. The standard InChI is InChI=1S/C39H38N4O15/c40-29-9-8-23(43-29)31(47)28(15-44)55-22-6-4-19(5-7-22)25-11-24(46)30-26(56-25)12-27(34(32(30)48)54-16-18-2-1-3-21(45)10-18)57-38-33(49)35(50)39(53,36(58-38)37(51)52)13-20-14-41-17-42-20/h1-12,17,25,28,31,33,35-36,38,40,44-50,53H,13-16H2,(H,51,52)/p+1. The molecule has 4 heterocycles. The number of aliphatic hydroxyl groups excluding tert-OH is 5. The minimum absolute atomic E-state index is 0.0318. The number of aliphatic hydroxyl groups is 6. The predicted molar refractivity (Wildman–Crippen MR) is 201 cm³/mol. The zero-order valence-electron chi connectivity index (χ0n) is 30.3. The second kappa shape index (κ2) is 16.3. The van der Waals surface area contributed by atoms with Gasteiger partial charge in [0, 0.05) is 30.4 Å². The first-order valence-electron chi connectivity index (χ1n) is 17.8. The van der Waals surface area contributed by atoms with Gasteiger partial charge in [0.05, 0.1) is 13.2 Å². The van der Waals surface area contributed by atoms with Crippen LogP contribution in [0.1, 0.15) is 29.2 Å². The second-order valence-electron chi connectivity index (χ2n) is 13.7. The first-order valence-corrected chi connectivity index (χ1v) is 17.8. The maximum Gasteiger partial charge on any atom is 0.336 e. The molecule has 304 valence electrons. The third kappa shape index (κ3) is 7.94. The van der Waals surface area contributed by atoms with E-state index in [1.54, 1.807) is 24.3 Å². The first-order chi connectivity index (χ1) is 27.7. The second-order valence-corrected chi connectivity index (χ2v) is 13.7. The lowest BCUT2D eigenvalue weighted by Crippen LogP contribution is -2.69. The van der Waals surface area contributed by atoms with Crippen LogP contribution in [0.2, 0.25) is 0 Å². The van der Waals surface area contributed by atoms with Crippen molar-refractivity contribution in [3.8, 4) is 34.5 Å². The van der Waals surface area contributed by atoms with Gasteiger partial charge in [0.1, 0.15) is 65.4 Å². The number of aliphatic imine (C=N–C) groups is 3. The monoisotopic (exact) mass is 803 g/mol. The number of rotatable bonds is 14. The number of carbonyl (C=O) groups is 1. The Bertz CT molecular complexity index is 2240. The van der Waals surface area contributed by atoms with Gasteiger partial charge < -0.3 is 69.6 Å². The van der Waals surface area contributed by atoms with Gasteiger partial charge >= 0.3 is 11.8 Å². The number of amidine groups is 1. The molecule has 0 saturated carbocycles. The summed E-state index contributed by atoms with van der Waals surface area (Å²) in [5.41, 5.74) is -1.42. The summed E-state index contributed by atoms with van der Waals surface area (Å²) in [6.45, 7) is -0.791. The molecule has 19 heteroatoms. The number of nitrogens with two attached hydrogens (primary N) is 1. The molecule has 1 fully saturated rings. The number of phenolic OH excluding ortho intramolecular Hbond substituents is 2. The van der Waals surface area contributed by atoms with Gasteiger partial charge in [0.15, 0.2) is 35.5 Å². The smallest absolute Gasteiger partial charge is 0.336 e. The van der Waals surface area contributed by atoms with Gasteiger partial charge in [-0.15, -0.1) is 0 Å². The highest BCUT2D eigenvalue weighted by Crippen LogP contribution is 2.51. The van der Waals surface area contributed by atoms with Crippen molar-refractivity contribution in [2.45, 2.75) is 61.5 Å². The number of aromatic hydroxyl groups is 2. The van der Waals surface area contributed by atoms with Gasteiger partial charge in [-0.25, -0.2) is 9.79 Å². The number of fused-ring (bicyclic) bond motifs is 1. The molecule has 4 aliphatic rings. The van der Waals surface area contributed by atoms with Gasteiger partial charge in [0.2, 0.25) is 12.0 Å². The number of ether oxygens (including phenoxy) is 5. The van der Waals surface area contributed by atoms with Crippen LogP contribution < -0.4 is 24.4 Å². The molecule has 0 spiro atoms. The minimum Gasteiger partial charge on any atom is -0.508 e. The molecule has 1 saturated heterocycles. The Morgan fingerprint density at radius 1 is 1.07 bits per heavy atom. The number of carboxylic acid groups (broad SMARTS) is 1. The van der Waals surface area contributed by atoms with Crippen molar-refractivity contribution in [3.63, 3.8) is 0 Å². The number of hydrogen-bond donors (Lipinski definition) is 10. The van der Waals surface area contributed by atoms with Crippen molar-refractivity contribution < 1.29 is 79.8 Å². The molecule has 0 radical (unpaired) electrons. The summed E-state index contributed by atoms with van der Waals surface area (Å²) in [5.74, 6) is -3.44. The van der Waals surface area contributed by atoms with Gasteiger partial charge in [-0.05, 0) is 46.5 Å². The molecule has 0 amide bonds. The lowest BCUT2D eigenvalue weighted by Gasteiger charge is -2.46. The van der Waals surface area contributed by atoms with Gasteiger partial charge in [0.25, 0.3) is 0 Å². The summed E-state index contributed by atoms with van der Waals surface area (Å²) in [4.78, 5) is 24.3. The predicted octanol–water partition coefficient (Wildman–Crippen LogP) is -0.507. The molecule has 11 N–H and O–H groups in total. The Morgan fingerprint density at radius 2 is 1.84 bits per heavy atom. The highest BCUT2D eigenvalue weighted by Gasteiger charge is 2.59. The van der Waals surface area contributed by atoms with E-state index < -0.39 is 90.5 Å². The molecule has 19 nitrogen and oxygen atoms in total. The number of phenols is 2. The maximum absolute atomic E-state index is 12.4. The minimum atomic E-state index is -2.56. The number of hydrogen-bond acceptors (Lipinski definition) is 16. The highest BCUT2D eigenvalue weighted by molar-refractivity contribution is 6.15. The molecule has 0 aliphatic carbocycles. The van der Waals surface area contributed by atoms with Crippen molar-refractivity contribution in [2.24, 2.45) is 15.0 Å². The molecule has 3 aromatic rings. The summed E-state index contributed by atoms with van der Waals surface area (Å²) in [6, 6.07) is 13.4. The highest BCUT2D eigenvalue weighted by atomic mass is 16.7. The Hall–Kier alpha value is -6.35. The fourth-order valence-corrected chi connectivity index (χ4v) is 6.76. The van der Waals surface area contributed by atoms with Crippen LogP contribution in [0.4, 0.5) is 0 Å². The topological polar surface area (TPSA) is 308 Å². The number of carboxylic acids is 1. The molecule has 0 bridgehead atoms. The quantitative estimate of drug-likeness (QED) is 0.0982. The van der Waals surface area contributed by atoms with E-state index in [4.69, 9.17) is 29.1 Å². The molecular weight excluding hydrogens is 764 g/mol. The van der Waals surface area contributed by atoms with Gasteiger partial charge in [-0.1, -0.05) is 24.3 Å². The van der Waals surface area contributed by atoms with Crippen LogP contribution in [0.25, 0.3) is 5.76 Å². The molecule has 3 aromatic carbocycles. The van der Waals surface area contributed by atoms with Crippen molar-refractivity contribution in [1.82, 2.24) is 0 Å². The van der Waals surface area contributed by atoms with Crippen molar-refractivity contribution in [3.05, 3.63) is 89.5 Å². The molecule has 7 rings (SSSR count). The normalized spacial score (nSPS) is 25.8. The van der Waals surface area contributed by atoms with Gasteiger partial charge in [-0.3, -0.25) is 10.4 Å². The van der Waals surface area contributed by atoms with E-state index >= 15 is 0 Å². The molecule has 0 aromatic heterocycles. The fourth-order valence-electron chi connectivity index (χ4n) is 6.76. The van der Waals surface area contributed by atoms with Crippen LogP contribution in [0.5, 0.6) is 34.5 Å². The van der Waals surface area contributed by atoms with Gasteiger partial charge in [-0.2, -0.15) is 0 Å². The lowest BCUT2D eigenvalue weighted by molar-refractivity contribution is -0.303. The molecule has 4 aliphatic heterocycles. The van der Waals surface area contributed by atoms with Crippen LogP contribution in [-0.2, 0) is 16.1 Å². The van der Waals surface area contributed by atoms with E-state index in [1.165, 1.54) is 54.9 Å². The van der Waals surface area contributed by atoms with Crippen molar-refractivity contribution >= 4 is 35.3 Å². The van der Waals surface area contributed by atoms with Crippen LogP contribution in [-0.4, -0.2) is 131 Å². The Labute approximate surface area is 328 Å². The average Bonchev–Trinajstić information content (AvgIpc) is 3.88. The lowest BCUT2D eigenvalue weighted by atomic mass is 9.80. The van der Waals surface area contributed by atoms with E-state index in [2.05, 4.69) is 15.0 Å². The Kier molecular flexibility index (Phi) is 11.2. The number of benzene rings is 3. The summed E-state index contributed by atoms with van der Waals surface area (Å²) < 4.78 is 29.4. The third-order valence-electron chi connectivity index (χ3n) is 9.70. The Balaban J connectivity index is 1.17. The van der Waals surface area contributed by atoms with E-state index in [9.17, 15) is 50.8 Å².